The number of likely N-dealkylation sites (N-methyl/N-ethyl adjacent to an activating group) is 1. The summed E-state index contributed by atoms with van der Waals surface area (Å²) in [6, 6.07) is 0.534. The molecule has 0 radical (unpaired) electrons. The molecule has 0 bridgehead atoms. The average molecular weight is 312 g/mol. The molecule has 4 N–H and O–H groups in total. The minimum Gasteiger partial charge on any atom is -0.492 e. The SMILES string of the molecule is CCN1CCCC1CNc1sc(C(=O)NC)c(N)c1OC. The molecule has 1 aliphatic rings. The van der Waals surface area contributed by atoms with Crippen molar-refractivity contribution in [2.45, 2.75) is 25.8 Å². The molecule has 7 heteroatoms. The van der Waals surface area contributed by atoms with E-state index in [-0.39, 0.29) is 5.91 Å². The van der Waals surface area contributed by atoms with Gasteiger partial charge < -0.3 is 21.1 Å². The van der Waals surface area contributed by atoms with Crippen LogP contribution in [-0.4, -0.2) is 50.6 Å². The summed E-state index contributed by atoms with van der Waals surface area (Å²) in [4.78, 5) is 14.8. The maximum atomic E-state index is 11.8. The van der Waals surface area contributed by atoms with Crippen LogP contribution in [0, 0.1) is 0 Å². The summed E-state index contributed by atoms with van der Waals surface area (Å²) in [6.45, 7) is 5.26. The third-order valence-corrected chi connectivity index (χ3v) is 5.08. The fourth-order valence-corrected chi connectivity index (χ4v) is 3.83. The molecule has 0 saturated carbocycles. The third kappa shape index (κ3) is 3.24. The van der Waals surface area contributed by atoms with Crippen molar-refractivity contribution in [3.63, 3.8) is 0 Å². The van der Waals surface area contributed by atoms with E-state index in [0.717, 1.165) is 24.6 Å². The van der Waals surface area contributed by atoms with Gasteiger partial charge in [0, 0.05) is 19.6 Å². The van der Waals surface area contributed by atoms with Crippen LogP contribution in [0.2, 0.25) is 0 Å². The Kier molecular flexibility index (Phi) is 5.30. The standard InChI is InChI=1S/C14H24N4O2S/c1-4-18-7-5-6-9(18)8-17-14-11(20-3)10(15)12(21-14)13(19)16-2/h9,17H,4-8,15H2,1-3H3,(H,16,19). The van der Waals surface area contributed by atoms with E-state index in [1.165, 1.54) is 24.2 Å². The Balaban J connectivity index is 2.10. The molecule has 1 aliphatic heterocycles. The van der Waals surface area contributed by atoms with Crippen LogP contribution in [0.5, 0.6) is 5.75 Å². The van der Waals surface area contributed by atoms with Gasteiger partial charge in [-0.1, -0.05) is 6.92 Å². The number of methoxy groups -OCH3 is 1. The first kappa shape index (κ1) is 15.9. The van der Waals surface area contributed by atoms with Gasteiger partial charge in [-0.05, 0) is 25.9 Å². The second-order valence-electron chi connectivity index (χ2n) is 5.09. The number of likely N-dealkylation sites (tertiary alicyclic amines) is 1. The maximum absolute atomic E-state index is 11.8. The van der Waals surface area contributed by atoms with Gasteiger partial charge in [0.25, 0.3) is 5.91 Å². The molecule has 21 heavy (non-hydrogen) atoms. The molecule has 2 heterocycles. The number of thiophene rings is 1. The molecule has 1 amide bonds. The van der Waals surface area contributed by atoms with E-state index in [1.807, 2.05) is 0 Å². The van der Waals surface area contributed by atoms with Gasteiger partial charge in [-0.25, -0.2) is 0 Å². The molecule has 1 unspecified atom stereocenters. The van der Waals surface area contributed by atoms with E-state index in [1.54, 1.807) is 14.2 Å². The van der Waals surface area contributed by atoms with E-state index in [9.17, 15) is 4.79 Å². The van der Waals surface area contributed by atoms with Gasteiger partial charge in [0.05, 0.1) is 7.11 Å². The molecule has 118 valence electrons. The Hall–Kier alpha value is -1.47. The fraction of sp³-hybridized carbons (Fsp3) is 0.643. The molecule has 1 aromatic rings. The lowest BCUT2D eigenvalue weighted by Crippen LogP contribution is -2.34. The predicted octanol–water partition coefficient (Wildman–Crippen LogP) is 1.59. The zero-order chi connectivity index (χ0) is 15.4. The highest BCUT2D eigenvalue weighted by Crippen LogP contribution is 2.42. The van der Waals surface area contributed by atoms with Crippen LogP contribution >= 0.6 is 11.3 Å². The van der Waals surface area contributed by atoms with Crippen molar-refractivity contribution in [3.8, 4) is 5.75 Å². The number of hydrogen-bond donors (Lipinski definition) is 3. The second-order valence-corrected chi connectivity index (χ2v) is 6.11. The van der Waals surface area contributed by atoms with E-state index in [4.69, 9.17) is 10.5 Å². The van der Waals surface area contributed by atoms with Gasteiger partial charge in [0.15, 0.2) is 5.75 Å². The number of rotatable bonds is 6. The van der Waals surface area contributed by atoms with Crippen molar-refractivity contribution in [2.24, 2.45) is 0 Å². The molecule has 0 aliphatic carbocycles. The van der Waals surface area contributed by atoms with Gasteiger partial charge in [0.1, 0.15) is 15.6 Å². The molecule has 1 atom stereocenters. The molecular weight excluding hydrogens is 288 g/mol. The van der Waals surface area contributed by atoms with Crippen LogP contribution in [0.15, 0.2) is 0 Å². The summed E-state index contributed by atoms with van der Waals surface area (Å²) in [5.41, 5.74) is 6.41. The normalized spacial score (nSPS) is 18.7. The molecule has 2 rings (SSSR count). The monoisotopic (exact) mass is 312 g/mol. The Bertz CT molecular complexity index is 503. The first-order chi connectivity index (χ1) is 10.1. The van der Waals surface area contributed by atoms with Crippen LogP contribution in [-0.2, 0) is 0 Å². The Morgan fingerprint density at radius 3 is 2.95 bits per heavy atom. The lowest BCUT2D eigenvalue weighted by molar-refractivity contribution is 0.0967. The van der Waals surface area contributed by atoms with Crippen molar-refractivity contribution in [1.82, 2.24) is 10.2 Å². The van der Waals surface area contributed by atoms with E-state index < -0.39 is 0 Å². The summed E-state index contributed by atoms with van der Waals surface area (Å²) < 4.78 is 5.35. The van der Waals surface area contributed by atoms with E-state index in [2.05, 4.69) is 22.5 Å². The smallest absolute Gasteiger partial charge is 0.263 e. The second kappa shape index (κ2) is 7.00. The minimum atomic E-state index is -0.181. The number of amides is 1. The minimum absolute atomic E-state index is 0.181. The van der Waals surface area contributed by atoms with Crippen molar-refractivity contribution in [1.29, 1.82) is 0 Å². The zero-order valence-corrected chi connectivity index (χ0v) is 13.7. The molecule has 1 fully saturated rings. The third-order valence-electron chi connectivity index (χ3n) is 3.94. The Labute approximate surface area is 129 Å². The quantitative estimate of drug-likeness (QED) is 0.743. The van der Waals surface area contributed by atoms with Crippen molar-refractivity contribution < 1.29 is 9.53 Å². The number of ether oxygens (including phenoxy) is 1. The summed E-state index contributed by atoms with van der Waals surface area (Å²) >= 11 is 1.34. The van der Waals surface area contributed by atoms with Gasteiger partial charge in [-0.15, -0.1) is 11.3 Å². The number of nitrogens with two attached hydrogens (primary N) is 1. The fourth-order valence-electron chi connectivity index (χ4n) is 2.78. The molecular formula is C14H24N4O2S. The predicted molar refractivity (Wildman–Crippen MR) is 87.4 cm³/mol. The van der Waals surface area contributed by atoms with E-state index >= 15 is 0 Å². The largest absolute Gasteiger partial charge is 0.492 e. The number of nitrogens with one attached hydrogen (secondary N) is 2. The Morgan fingerprint density at radius 1 is 1.57 bits per heavy atom. The van der Waals surface area contributed by atoms with Crippen molar-refractivity contribution >= 4 is 27.9 Å². The first-order valence-electron chi connectivity index (χ1n) is 7.28. The molecule has 6 nitrogen and oxygen atoms in total. The van der Waals surface area contributed by atoms with Crippen LogP contribution < -0.4 is 21.1 Å². The van der Waals surface area contributed by atoms with Crippen molar-refractivity contribution in [3.05, 3.63) is 4.88 Å². The zero-order valence-electron chi connectivity index (χ0n) is 12.9. The van der Waals surface area contributed by atoms with Gasteiger partial charge >= 0.3 is 0 Å². The molecule has 1 saturated heterocycles. The van der Waals surface area contributed by atoms with Crippen LogP contribution in [0.3, 0.4) is 0 Å². The highest BCUT2D eigenvalue weighted by atomic mass is 32.1. The number of carbonyl (C=O) groups excluding carboxylic acids is 1. The van der Waals surface area contributed by atoms with Gasteiger partial charge in [-0.3, -0.25) is 9.69 Å². The first-order valence-corrected chi connectivity index (χ1v) is 8.10. The number of carbonyl (C=O) groups is 1. The highest BCUT2D eigenvalue weighted by Gasteiger charge is 2.25. The van der Waals surface area contributed by atoms with Gasteiger partial charge in [0.2, 0.25) is 0 Å². The molecule has 0 spiro atoms. The summed E-state index contributed by atoms with van der Waals surface area (Å²) in [7, 11) is 3.17. The summed E-state index contributed by atoms with van der Waals surface area (Å²) in [5, 5.41) is 6.83. The van der Waals surface area contributed by atoms with Crippen LogP contribution in [0.1, 0.15) is 29.4 Å². The number of hydrogen-bond acceptors (Lipinski definition) is 6. The lowest BCUT2D eigenvalue weighted by atomic mass is 10.2. The number of nitrogen functional groups attached to an aromatic ring is 1. The number of nitrogens with zero attached hydrogens (tertiary/aromatic N) is 1. The van der Waals surface area contributed by atoms with Gasteiger partial charge in [-0.2, -0.15) is 0 Å². The lowest BCUT2D eigenvalue weighted by Gasteiger charge is -2.23. The summed E-state index contributed by atoms with van der Waals surface area (Å²) in [5.74, 6) is 0.388. The average Bonchev–Trinajstić information content (AvgIpc) is 3.07. The molecule has 1 aromatic heterocycles. The highest BCUT2D eigenvalue weighted by molar-refractivity contribution is 7.19. The van der Waals surface area contributed by atoms with Crippen LogP contribution in [0.4, 0.5) is 10.7 Å². The Morgan fingerprint density at radius 2 is 2.33 bits per heavy atom. The topological polar surface area (TPSA) is 79.6 Å². The maximum Gasteiger partial charge on any atom is 0.263 e. The van der Waals surface area contributed by atoms with Crippen LogP contribution in [0.25, 0.3) is 0 Å². The van der Waals surface area contributed by atoms with E-state index in [0.29, 0.717) is 22.4 Å². The molecule has 0 aromatic carbocycles. The number of anilines is 2. The summed E-state index contributed by atoms with van der Waals surface area (Å²) in [6.07, 6.45) is 2.44. The van der Waals surface area contributed by atoms with Crippen molar-refractivity contribution in [2.75, 3.05) is 44.8 Å².